The zero-order valence-electron chi connectivity index (χ0n) is 9.00. The van der Waals surface area contributed by atoms with Crippen molar-refractivity contribution in [1.82, 2.24) is 9.55 Å². The Hall–Kier alpha value is -1.16. The van der Waals surface area contributed by atoms with E-state index >= 15 is 0 Å². The molecule has 0 unspecified atom stereocenters. The summed E-state index contributed by atoms with van der Waals surface area (Å²) in [6, 6.07) is 0. The van der Waals surface area contributed by atoms with Crippen LogP contribution in [0.25, 0.3) is 0 Å². The molecule has 0 atom stereocenters. The molecule has 0 fully saturated rings. The van der Waals surface area contributed by atoms with Crippen LogP contribution in [0.1, 0.15) is 23.4 Å². The fourth-order valence-corrected chi connectivity index (χ4v) is 1.53. The number of hydrogen-bond acceptors (Lipinski definition) is 3. The summed E-state index contributed by atoms with van der Waals surface area (Å²) < 4.78 is 1.58. The molecule has 14 heavy (non-hydrogen) atoms. The van der Waals surface area contributed by atoms with Crippen molar-refractivity contribution in [3.05, 3.63) is 27.4 Å². The Morgan fingerprint density at radius 3 is 2.64 bits per heavy atom. The first-order chi connectivity index (χ1) is 6.57. The van der Waals surface area contributed by atoms with Crippen molar-refractivity contribution in [2.75, 3.05) is 6.54 Å². The Morgan fingerprint density at radius 1 is 1.43 bits per heavy atom. The Balaban J connectivity index is 3.15. The normalized spacial score (nSPS) is 10.6. The number of hydrogen-bond donors (Lipinski definition) is 1. The predicted octanol–water partition coefficient (Wildman–Crippen LogP) is 0.288. The van der Waals surface area contributed by atoms with E-state index in [1.165, 1.54) is 0 Å². The minimum Gasteiger partial charge on any atom is -0.330 e. The third kappa shape index (κ3) is 2.01. The van der Waals surface area contributed by atoms with Crippen molar-refractivity contribution in [1.29, 1.82) is 0 Å². The lowest BCUT2D eigenvalue weighted by Gasteiger charge is -2.11. The zero-order chi connectivity index (χ0) is 10.7. The molecule has 0 amide bonds. The van der Waals surface area contributed by atoms with Gasteiger partial charge in [-0.25, -0.2) is 4.79 Å². The number of aromatic nitrogens is 2. The van der Waals surface area contributed by atoms with Gasteiger partial charge in [0.05, 0.1) is 0 Å². The highest BCUT2D eigenvalue weighted by molar-refractivity contribution is 5.23. The van der Waals surface area contributed by atoms with Gasteiger partial charge in [0, 0.05) is 18.4 Å². The molecule has 4 nitrogen and oxygen atoms in total. The van der Waals surface area contributed by atoms with Crippen LogP contribution in [-0.4, -0.2) is 16.1 Å². The lowest BCUT2D eigenvalue weighted by molar-refractivity contribution is 0.720. The van der Waals surface area contributed by atoms with E-state index in [1.807, 2.05) is 13.8 Å². The standard InChI is InChI=1S/C10H17N3O/c1-7-9(5-4-6-11)8(2)13(3)10(14)12-7/h4-6,11H2,1-3H3. The molecule has 0 radical (unpaired) electrons. The molecule has 0 aromatic carbocycles. The van der Waals surface area contributed by atoms with Gasteiger partial charge in [-0.1, -0.05) is 0 Å². The summed E-state index contributed by atoms with van der Waals surface area (Å²) in [6.07, 6.45) is 1.83. The first kappa shape index (κ1) is 10.9. The molecule has 1 aromatic heterocycles. The van der Waals surface area contributed by atoms with Crippen LogP contribution in [0, 0.1) is 13.8 Å². The van der Waals surface area contributed by atoms with Crippen molar-refractivity contribution < 1.29 is 0 Å². The first-order valence-electron chi connectivity index (χ1n) is 4.81. The molecule has 0 aliphatic heterocycles. The molecule has 1 heterocycles. The molecule has 4 heteroatoms. The van der Waals surface area contributed by atoms with Crippen LogP contribution < -0.4 is 11.4 Å². The van der Waals surface area contributed by atoms with Crippen molar-refractivity contribution in [2.45, 2.75) is 26.7 Å². The van der Waals surface area contributed by atoms with Crippen molar-refractivity contribution in [3.8, 4) is 0 Å². The number of aryl methyl sites for hydroxylation is 1. The second kappa shape index (κ2) is 4.37. The zero-order valence-corrected chi connectivity index (χ0v) is 9.00. The third-order valence-electron chi connectivity index (χ3n) is 2.56. The van der Waals surface area contributed by atoms with E-state index in [1.54, 1.807) is 11.6 Å². The fourth-order valence-electron chi connectivity index (χ4n) is 1.53. The van der Waals surface area contributed by atoms with Gasteiger partial charge in [0.25, 0.3) is 0 Å². The largest absolute Gasteiger partial charge is 0.347 e. The molecule has 1 aromatic rings. The average Bonchev–Trinajstić information content (AvgIpc) is 2.14. The van der Waals surface area contributed by atoms with E-state index in [4.69, 9.17) is 5.73 Å². The third-order valence-corrected chi connectivity index (χ3v) is 2.56. The summed E-state index contributed by atoms with van der Waals surface area (Å²) >= 11 is 0. The molecular formula is C10H17N3O. The van der Waals surface area contributed by atoms with Crippen LogP contribution in [0.15, 0.2) is 4.79 Å². The van der Waals surface area contributed by atoms with Crippen molar-refractivity contribution >= 4 is 0 Å². The maximum atomic E-state index is 11.3. The Morgan fingerprint density at radius 2 is 2.07 bits per heavy atom. The van der Waals surface area contributed by atoms with Gasteiger partial charge in [-0.15, -0.1) is 0 Å². The van der Waals surface area contributed by atoms with Crippen molar-refractivity contribution in [3.63, 3.8) is 0 Å². The summed E-state index contributed by atoms with van der Waals surface area (Å²) in [7, 11) is 1.75. The van der Waals surface area contributed by atoms with E-state index in [0.29, 0.717) is 6.54 Å². The molecular weight excluding hydrogens is 178 g/mol. The summed E-state index contributed by atoms with van der Waals surface area (Å²) in [6.45, 7) is 4.49. The number of rotatable bonds is 3. The van der Waals surface area contributed by atoms with Crippen LogP contribution >= 0.6 is 0 Å². The lowest BCUT2D eigenvalue weighted by Crippen LogP contribution is -2.25. The average molecular weight is 195 g/mol. The molecule has 0 spiro atoms. The van der Waals surface area contributed by atoms with Gasteiger partial charge in [-0.05, 0) is 38.8 Å². The smallest absolute Gasteiger partial charge is 0.330 e. The Bertz CT molecular complexity index is 382. The van der Waals surface area contributed by atoms with E-state index in [2.05, 4.69) is 4.98 Å². The van der Waals surface area contributed by atoms with Gasteiger partial charge in [0.1, 0.15) is 0 Å². The maximum absolute atomic E-state index is 11.3. The highest BCUT2D eigenvalue weighted by Gasteiger charge is 2.07. The fraction of sp³-hybridized carbons (Fsp3) is 0.600. The van der Waals surface area contributed by atoms with Crippen LogP contribution in [0.4, 0.5) is 0 Å². The molecule has 1 rings (SSSR count). The van der Waals surface area contributed by atoms with E-state index in [0.717, 1.165) is 29.8 Å². The Kier molecular flexibility index (Phi) is 3.41. The predicted molar refractivity (Wildman–Crippen MR) is 56.3 cm³/mol. The van der Waals surface area contributed by atoms with Gasteiger partial charge >= 0.3 is 5.69 Å². The minimum absolute atomic E-state index is 0.184. The molecule has 2 N–H and O–H groups in total. The Labute approximate surface area is 83.8 Å². The van der Waals surface area contributed by atoms with Crippen molar-refractivity contribution in [2.24, 2.45) is 12.8 Å². The monoisotopic (exact) mass is 195 g/mol. The molecule has 0 saturated carbocycles. The second-order valence-corrected chi connectivity index (χ2v) is 3.49. The highest BCUT2D eigenvalue weighted by Crippen LogP contribution is 2.10. The van der Waals surface area contributed by atoms with E-state index < -0.39 is 0 Å². The van der Waals surface area contributed by atoms with Crippen LogP contribution in [0.5, 0.6) is 0 Å². The molecule has 0 aliphatic rings. The first-order valence-corrected chi connectivity index (χ1v) is 4.81. The minimum atomic E-state index is -0.184. The SMILES string of the molecule is Cc1nc(=O)n(C)c(C)c1CCCN. The molecule has 0 bridgehead atoms. The summed E-state index contributed by atoms with van der Waals surface area (Å²) in [5, 5.41) is 0. The molecule has 78 valence electrons. The maximum Gasteiger partial charge on any atom is 0.347 e. The van der Waals surface area contributed by atoms with E-state index in [9.17, 15) is 4.79 Å². The summed E-state index contributed by atoms with van der Waals surface area (Å²) in [4.78, 5) is 15.3. The van der Waals surface area contributed by atoms with Gasteiger partial charge < -0.3 is 5.73 Å². The van der Waals surface area contributed by atoms with E-state index in [-0.39, 0.29) is 5.69 Å². The number of nitrogens with zero attached hydrogens (tertiary/aromatic N) is 2. The summed E-state index contributed by atoms with van der Waals surface area (Å²) in [5.41, 5.74) is 8.25. The van der Waals surface area contributed by atoms with Crippen LogP contribution in [0.2, 0.25) is 0 Å². The lowest BCUT2D eigenvalue weighted by atomic mass is 10.1. The quantitative estimate of drug-likeness (QED) is 0.754. The van der Waals surface area contributed by atoms with Gasteiger partial charge in [0.15, 0.2) is 0 Å². The van der Waals surface area contributed by atoms with Gasteiger partial charge in [-0.3, -0.25) is 4.57 Å². The molecule has 0 saturated heterocycles. The van der Waals surface area contributed by atoms with Crippen LogP contribution in [0.3, 0.4) is 0 Å². The second-order valence-electron chi connectivity index (χ2n) is 3.49. The topological polar surface area (TPSA) is 60.9 Å². The van der Waals surface area contributed by atoms with Gasteiger partial charge in [0.2, 0.25) is 0 Å². The molecule has 0 aliphatic carbocycles. The van der Waals surface area contributed by atoms with Gasteiger partial charge in [-0.2, -0.15) is 4.98 Å². The highest BCUT2D eigenvalue weighted by atomic mass is 16.1. The summed E-state index contributed by atoms with van der Waals surface area (Å²) in [5.74, 6) is 0. The number of nitrogens with two attached hydrogens (primary N) is 1. The van der Waals surface area contributed by atoms with Crippen LogP contribution in [-0.2, 0) is 13.5 Å².